The zero-order valence-electron chi connectivity index (χ0n) is 9.44. The molecule has 0 aliphatic carbocycles. The predicted molar refractivity (Wildman–Crippen MR) is 57.5 cm³/mol. The molecule has 0 unspecified atom stereocenters. The van der Waals surface area contributed by atoms with Gasteiger partial charge in [0.2, 0.25) is 0 Å². The molecule has 1 aromatic carbocycles. The number of carbonyl (C=O) groups is 2. The Morgan fingerprint density at radius 2 is 2.22 bits per heavy atom. The van der Waals surface area contributed by atoms with Crippen LogP contribution in [0.25, 0.3) is 0 Å². The summed E-state index contributed by atoms with van der Waals surface area (Å²) >= 11 is 0. The van der Waals surface area contributed by atoms with Gasteiger partial charge in [0.1, 0.15) is 0 Å². The van der Waals surface area contributed by atoms with E-state index >= 15 is 0 Å². The van der Waals surface area contributed by atoms with E-state index in [0.717, 1.165) is 12.1 Å². The molecule has 1 rings (SSSR count). The van der Waals surface area contributed by atoms with Crippen LogP contribution in [0.1, 0.15) is 45.2 Å². The zero-order valence-corrected chi connectivity index (χ0v) is 9.44. The number of rotatable bonds is 4. The lowest BCUT2D eigenvalue weighted by Gasteiger charge is -2.11. The van der Waals surface area contributed by atoms with E-state index in [4.69, 9.17) is 5.26 Å². The van der Waals surface area contributed by atoms with Crippen LogP contribution in [-0.4, -0.2) is 18.9 Å². The fourth-order valence-electron chi connectivity index (χ4n) is 1.48. The van der Waals surface area contributed by atoms with Crippen LogP contribution in [0.15, 0.2) is 12.1 Å². The second kappa shape index (κ2) is 5.87. The van der Waals surface area contributed by atoms with Gasteiger partial charge in [0, 0.05) is 11.1 Å². The number of benzene rings is 1. The van der Waals surface area contributed by atoms with E-state index in [0.29, 0.717) is 0 Å². The summed E-state index contributed by atoms with van der Waals surface area (Å²) in [6.07, 6.45) is -2.90. The van der Waals surface area contributed by atoms with Crippen LogP contribution in [0.5, 0.6) is 0 Å². The number of ether oxygens (including phenoxy) is 1. The Balaban J connectivity index is 3.50. The summed E-state index contributed by atoms with van der Waals surface area (Å²) in [7, 11) is 0. The number of halogens is 2. The van der Waals surface area contributed by atoms with Crippen molar-refractivity contribution < 1.29 is 23.1 Å². The molecule has 0 aliphatic heterocycles. The Bertz CT molecular complexity index is 521. The van der Waals surface area contributed by atoms with Crippen LogP contribution in [0.3, 0.4) is 0 Å². The van der Waals surface area contributed by atoms with Crippen molar-refractivity contribution in [3.8, 4) is 6.07 Å². The number of nitriles is 1. The molecule has 18 heavy (non-hydrogen) atoms. The van der Waals surface area contributed by atoms with Gasteiger partial charge in [-0.2, -0.15) is 5.26 Å². The molecule has 0 amide bonds. The SMILES string of the molecule is CCOC(=O)c1ccc(C#N)c(C=O)c1C(F)F. The normalized spacial score (nSPS) is 9.94. The summed E-state index contributed by atoms with van der Waals surface area (Å²) in [6, 6.07) is 3.82. The lowest BCUT2D eigenvalue weighted by Crippen LogP contribution is -2.11. The Labute approximate surface area is 102 Å². The van der Waals surface area contributed by atoms with Crippen LogP contribution in [-0.2, 0) is 4.74 Å². The van der Waals surface area contributed by atoms with Gasteiger partial charge in [-0.15, -0.1) is 0 Å². The lowest BCUT2D eigenvalue weighted by atomic mass is 9.97. The first kappa shape index (κ1) is 13.8. The molecule has 4 nitrogen and oxygen atoms in total. The topological polar surface area (TPSA) is 67.2 Å². The molecule has 0 fully saturated rings. The molecule has 0 bridgehead atoms. The summed E-state index contributed by atoms with van der Waals surface area (Å²) < 4.78 is 30.5. The first-order valence-corrected chi connectivity index (χ1v) is 5.04. The first-order valence-electron chi connectivity index (χ1n) is 5.04. The summed E-state index contributed by atoms with van der Waals surface area (Å²) in [6.45, 7) is 1.56. The quantitative estimate of drug-likeness (QED) is 0.610. The second-order valence-corrected chi connectivity index (χ2v) is 3.24. The number of carbonyl (C=O) groups excluding carboxylic acids is 2. The van der Waals surface area contributed by atoms with Crippen molar-refractivity contribution in [2.24, 2.45) is 0 Å². The van der Waals surface area contributed by atoms with Gasteiger partial charge < -0.3 is 4.74 Å². The minimum Gasteiger partial charge on any atom is -0.462 e. The number of hydrogen-bond acceptors (Lipinski definition) is 4. The summed E-state index contributed by atoms with van der Waals surface area (Å²) in [5.74, 6) is -0.944. The van der Waals surface area contributed by atoms with E-state index in [1.54, 1.807) is 6.07 Å². The third kappa shape index (κ3) is 2.51. The van der Waals surface area contributed by atoms with Crippen LogP contribution in [0.4, 0.5) is 8.78 Å². The maximum Gasteiger partial charge on any atom is 0.338 e. The van der Waals surface area contributed by atoms with Crippen molar-refractivity contribution in [1.82, 2.24) is 0 Å². The Morgan fingerprint density at radius 3 is 2.67 bits per heavy atom. The first-order chi connectivity index (χ1) is 8.56. The standard InChI is InChI=1S/C12H9F2NO3/c1-2-18-12(17)8-4-3-7(5-15)9(6-16)10(8)11(13)14/h3-4,6,11H,2H2,1H3. The molecule has 0 atom stereocenters. The van der Waals surface area contributed by atoms with Gasteiger partial charge in [-0.25, -0.2) is 13.6 Å². The Hall–Kier alpha value is -2.29. The highest BCUT2D eigenvalue weighted by molar-refractivity contribution is 5.95. The van der Waals surface area contributed by atoms with Gasteiger partial charge in [-0.1, -0.05) is 0 Å². The molecule has 0 radical (unpaired) electrons. The van der Waals surface area contributed by atoms with Crippen molar-refractivity contribution in [2.45, 2.75) is 13.3 Å². The molecule has 0 saturated heterocycles. The second-order valence-electron chi connectivity index (χ2n) is 3.24. The maximum atomic E-state index is 12.9. The van der Waals surface area contributed by atoms with E-state index in [1.165, 1.54) is 6.92 Å². The lowest BCUT2D eigenvalue weighted by molar-refractivity contribution is 0.0515. The monoisotopic (exact) mass is 253 g/mol. The van der Waals surface area contributed by atoms with E-state index in [2.05, 4.69) is 4.74 Å². The average Bonchev–Trinajstić information content (AvgIpc) is 2.36. The number of aldehydes is 1. The molecule has 0 spiro atoms. The smallest absolute Gasteiger partial charge is 0.338 e. The van der Waals surface area contributed by atoms with Crippen molar-refractivity contribution in [2.75, 3.05) is 6.61 Å². The van der Waals surface area contributed by atoms with Gasteiger partial charge in [0.25, 0.3) is 6.43 Å². The van der Waals surface area contributed by atoms with E-state index in [1.807, 2.05) is 0 Å². The van der Waals surface area contributed by atoms with Crippen LogP contribution >= 0.6 is 0 Å². The third-order valence-electron chi connectivity index (χ3n) is 2.24. The van der Waals surface area contributed by atoms with Crippen molar-refractivity contribution in [3.63, 3.8) is 0 Å². The molecule has 0 aromatic heterocycles. The molecule has 6 heteroatoms. The molecule has 0 saturated carbocycles. The Morgan fingerprint density at radius 1 is 1.56 bits per heavy atom. The predicted octanol–water partition coefficient (Wildman–Crippen LogP) is 2.49. The van der Waals surface area contributed by atoms with Crippen LogP contribution < -0.4 is 0 Å². The van der Waals surface area contributed by atoms with Gasteiger partial charge >= 0.3 is 5.97 Å². The molecule has 0 heterocycles. The summed E-state index contributed by atoms with van der Waals surface area (Å²) in [5, 5.41) is 8.72. The highest BCUT2D eigenvalue weighted by atomic mass is 19.3. The molecular formula is C12H9F2NO3. The van der Waals surface area contributed by atoms with E-state index in [9.17, 15) is 18.4 Å². The largest absolute Gasteiger partial charge is 0.462 e. The molecule has 0 aliphatic rings. The minimum atomic E-state index is -3.04. The van der Waals surface area contributed by atoms with Crippen molar-refractivity contribution in [1.29, 1.82) is 5.26 Å². The molecular weight excluding hydrogens is 244 g/mol. The van der Waals surface area contributed by atoms with Crippen molar-refractivity contribution in [3.05, 3.63) is 34.4 Å². The fourth-order valence-corrected chi connectivity index (χ4v) is 1.48. The minimum absolute atomic E-state index is 0.0257. The highest BCUT2D eigenvalue weighted by Crippen LogP contribution is 2.28. The van der Waals surface area contributed by atoms with Crippen LogP contribution in [0.2, 0.25) is 0 Å². The maximum absolute atomic E-state index is 12.9. The highest BCUT2D eigenvalue weighted by Gasteiger charge is 2.25. The molecule has 0 N–H and O–H groups in total. The zero-order chi connectivity index (χ0) is 13.7. The van der Waals surface area contributed by atoms with E-state index in [-0.39, 0.29) is 18.5 Å². The summed E-state index contributed by atoms with van der Waals surface area (Å²) in [5.41, 5.74) is -1.83. The molecule has 1 aromatic rings. The van der Waals surface area contributed by atoms with Crippen molar-refractivity contribution >= 4 is 12.3 Å². The van der Waals surface area contributed by atoms with Gasteiger partial charge in [-0.3, -0.25) is 4.79 Å². The number of nitrogens with zero attached hydrogens (tertiary/aromatic N) is 1. The number of hydrogen-bond donors (Lipinski definition) is 0. The van der Waals surface area contributed by atoms with Gasteiger partial charge in [0.05, 0.1) is 23.8 Å². The number of alkyl halides is 2. The summed E-state index contributed by atoms with van der Waals surface area (Å²) in [4.78, 5) is 22.3. The Kier molecular flexibility index (Phi) is 4.49. The number of esters is 1. The average molecular weight is 253 g/mol. The van der Waals surface area contributed by atoms with Gasteiger partial charge in [-0.05, 0) is 19.1 Å². The molecule has 94 valence electrons. The third-order valence-corrected chi connectivity index (χ3v) is 2.24. The van der Waals surface area contributed by atoms with E-state index < -0.39 is 29.1 Å². The van der Waals surface area contributed by atoms with Gasteiger partial charge in [0.15, 0.2) is 6.29 Å². The fraction of sp³-hybridized carbons (Fsp3) is 0.250. The van der Waals surface area contributed by atoms with Crippen LogP contribution in [0, 0.1) is 11.3 Å².